The fourth-order valence-corrected chi connectivity index (χ4v) is 3.22. The lowest BCUT2D eigenvalue weighted by molar-refractivity contribution is -0.134. The number of para-hydroxylation sites is 1. The zero-order valence-corrected chi connectivity index (χ0v) is 16.0. The monoisotopic (exact) mass is 358 g/mol. The van der Waals surface area contributed by atoms with Gasteiger partial charge in [0, 0.05) is 30.8 Å². The number of ether oxygens (including phenoxy) is 1. The molecule has 5 nitrogen and oxygen atoms in total. The summed E-state index contributed by atoms with van der Waals surface area (Å²) in [4.78, 5) is 26.8. The largest absolute Gasteiger partial charge is 0.496 e. The number of carbonyl (C=O) groups is 2. The first-order valence-electron chi connectivity index (χ1n) is 9.46. The fraction of sp³-hybridized carbons (Fsp3) is 0.524. The molecule has 1 N–H and O–H groups in total. The second-order valence-electron chi connectivity index (χ2n) is 6.83. The number of piperidine rings is 1. The molecule has 0 radical (unpaired) electrons. The Kier molecular flexibility index (Phi) is 7.70. The van der Waals surface area contributed by atoms with E-state index in [-0.39, 0.29) is 23.8 Å². The molecule has 1 aliphatic rings. The van der Waals surface area contributed by atoms with Crippen molar-refractivity contribution in [2.75, 3.05) is 20.2 Å². The lowest BCUT2D eigenvalue weighted by Crippen LogP contribution is -2.49. The fourth-order valence-electron chi connectivity index (χ4n) is 3.22. The molecular weight excluding hydrogens is 328 g/mol. The highest BCUT2D eigenvalue weighted by Crippen LogP contribution is 2.23. The Hall–Kier alpha value is -2.30. The Bertz CT molecular complexity index is 642. The topological polar surface area (TPSA) is 58.6 Å². The third-order valence-corrected chi connectivity index (χ3v) is 4.91. The lowest BCUT2D eigenvalue weighted by atomic mass is 9.92. The van der Waals surface area contributed by atoms with Crippen molar-refractivity contribution in [2.24, 2.45) is 5.92 Å². The molecule has 142 valence electrons. The molecule has 1 saturated heterocycles. The van der Waals surface area contributed by atoms with Gasteiger partial charge in [-0.1, -0.05) is 31.5 Å². The second kappa shape index (κ2) is 10.00. The Labute approximate surface area is 156 Å². The predicted octanol–water partition coefficient (Wildman–Crippen LogP) is 3.25. The van der Waals surface area contributed by atoms with Crippen LogP contribution in [0.3, 0.4) is 0 Å². The zero-order valence-electron chi connectivity index (χ0n) is 16.0. The molecule has 1 aromatic rings. The number of benzene rings is 1. The molecule has 0 spiro atoms. The van der Waals surface area contributed by atoms with Gasteiger partial charge < -0.3 is 15.0 Å². The Morgan fingerprint density at radius 3 is 2.81 bits per heavy atom. The van der Waals surface area contributed by atoms with Crippen LogP contribution in [0, 0.1) is 5.92 Å². The molecule has 2 rings (SSSR count). The Morgan fingerprint density at radius 2 is 2.08 bits per heavy atom. The molecule has 26 heavy (non-hydrogen) atoms. The molecule has 1 heterocycles. The first-order valence-corrected chi connectivity index (χ1v) is 9.46. The third kappa shape index (κ3) is 5.35. The maximum atomic E-state index is 12.7. The Morgan fingerprint density at radius 1 is 1.31 bits per heavy atom. The van der Waals surface area contributed by atoms with E-state index in [1.807, 2.05) is 31.2 Å². The van der Waals surface area contributed by atoms with Crippen molar-refractivity contribution < 1.29 is 14.3 Å². The summed E-state index contributed by atoms with van der Waals surface area (Å²) in [6.07, 6.45) is 7.07. The molecule has 1 aliphatic heterocycles. The number of hydrogen-bond donors (Lipinski definition) is 1. The van der Waals surface area contributed by atoms with Gasteiger partial charge in [0.1, 0.15) is 5.75 Å². The first-order chi connectivity index (χ1) is 12.6. The van der Waals surface area contributed by atoms with Crippen LogP contribution in [0.4, 0.5) is 0 Å². The molecule has 0 aliphatic carbocycles. The van der Waals surface area contributed by atoms with Gasteiger partial charge in [-0.25, -0.2) is 0 Å². The summed E-state index contributed by atoms with van der Waals surface area (Å²) in [7, 11) is 1.61. The number of carbonyl (C=O) groups excluding carboxylic acids is 2. The highest BCUT2D eigenvalue weighted by atomic mass is 16.5. The molecule has 1 aromatic carbocycles. The van der Waals surface area contributed by atoms with Gasteiger partial charge in [0.05, 0.1) is 13.0 Å². The summed E-state index contributed by atoms with van der Waals surface area (Å²) >= 11 is 0. The molecule has 0 aromatic heterocycles. The van der Waals surface area contributed by atoms with E-state index in [2.05, 4.69) is 12.2 Å². The quantitative estimate of drug-likeness (QED) is 0.601. The standard InChI is InChI=1S/C21H30N2O3/c1-4-5-14-22-21(25)18-11-10-16(2)23(15-18)20(24)13-12-17-8-6-7-9-19(17)26-3/h6-9,12-13,16,18H,4-5,10-11,14-15H2,1-3H3,(H,22,25). The number of hydrogen-bond acceptors (Lipinski definition) is 3. The normalized spacial score (nSPS) is 20.2. The maximum Gasteiger partial charge on any atom is 0.246 e. The minimum Gasteiger partial charge on any atom is -0.496 e. The smallest absolute Gasteiger partial charge is 0.246 e. The van der Waals surface area contributed by atoms with Crippen LogP contribution in [0.1, 0.15) is 45.1 Å². The SMILES string of the molecule is CCCCNC(=O)C1CCC(C)N(C(=O)C=Cc2ccccc2OC)C1. The molecule has 2 atom stereocenters. The summed E-state index contributed by atoms with van der Waals surface area (Å²) in [5, 5.41) is 2.99. The summed E-state index contributed by atoms with van der Waals surface area (Å²) in [5.41, 5.74) is 0.863. The minimum atomic E-state index is -0.119. The van der Waals surface area contributed by atoms with E-state index in [0.717, 1.165) is 37.0 Å². The zero-order chi connectivity index (χ0) is 18.9. The van der Waals surface area contributed by atoms with Gasteiger partial charge in [-0.15, -0.1) is 0 Å². The van der Waals surface area contributed by atoms with Gasteiger partial charge >= 0.3 is 0 Å². The van der Waals surface area contributed by atoms with Crippen LogP contribution in [0.25, 0.3) is 6.08 Å². The molecule has 2 amide bonds. The highest BCUT2D eigenvalue weighted by molar-refractivity contribution is 5.93. The van der Waals surface area contributed by atoms with Crippen LogP contribution in [0.15, 0.2) is 30.3 Å². The van der Waals surface area contributed by atoms with E-state index in [1.54, 1.807) is 24.2 Å². The van der Waals surface area contributed by atoms with Crippen LogP contribution in [0.2, 0.25) is 0 Å². The third-order valence-electron chi connectivity index (χ3n) is 4.91. The van der Waals surface area contributed by atoms with Crippen molar-refractivity contribution in [3.8, 4) is 5.75 Å². The van der Waals surface area contributed by atoms with Crippen LogP contribution < -0.4 is 10.1 Å². The second-order valence-corrected chi connectivity index (χ2v) is 6.83. The summed E-state index contributed by atoms with van der Waals surface area (Å²) in [6, 6.07) is 7.72. The number of rotatable bonds is 7. The number of nitrogens with zero attached hydrogens (tertiary/aromatic N) is 1. The number of unbranched alkanes of at least 4 members (excludes halogenated alkanes) is 1. The van der Waals surface area contributed by atoms with Gasteiger partial charge in [-0.3, -0.25) is 9.59 Å². The van der Waals surface area contributed by atoms with Gasteiger partial charge in [0.2, 0.25) is 11.8 Å². The number of nitrogens with one attached hydrogen (secondary N) is 1. The van der Waals surface area contributed by atoms with Gasteiger partial charge in [-0.2, -0.15) is 0 Å². The molecule has 0 saturated carbocycles. The average Bonchev–Trinajstić information content (AvgIpc) is 2.66. The van der Waals surface area contributed by atoms with E-state index in [1.165, 1.54) is 0 Å². The van der Waals surface area contributed by atoms with Gasteiger partial charge in [0.15, 0.2) is 0 Å². The lowest BCUT2D eigenvalue weighted by Gasteiger charge is -2.36. The van der Waals surface area contributed by atoms with Crippen molar-refractivity contribution in [1.82, 2.24) is 10.2 Å². The number of amides is 2. The molecule has 1 fully saturated rings. The van der Waals surface area contributed by atoms with Crippen molar-refractivity contribution >= 4 is 17.9 Å². The van der Waals surface area contributed by atoms with Crippen molar-refractivity contribution in [1.29, 1.82) is 0 Å². The van der Waals surface area contributed by atoms with Crippen molar-refractivity contribution in [2.45, 2.75) is 45.6 Å². The first kappa shape index (κ1) is 20.0. The summed E-state index contributed by atoms with van der Waals surface area (Å²) in [6.45, 7) is 5.33. The van der Waals surface area contributed by atoms with E-state index >= 15 is 0 Å². The Balaban J connectivity index is 2.00. The highest BCUT2D eigenvalue weighted by Gasteiger charge is 2.31. The van der Waals surface area contributed by atoms with E-state index < -0.39 is 0 Å². The molecule has 2 unspecified atom stereocenters. The molecule has 0 bridgehead atoms. The van der Waals surface area contributed by atoms with E-state index in [4.69, 9.17) is 4.74 Å². The van der Waals surface area contributed by atoms with Crippen LogP contribution >= 0.6 is 0 Å². The van der Waals surface area contributed by atoms with Gasteiger partial charge in [-0.05, 0) is 38.3 Å². The van der Waals surface area contributed by atoms with Crippen LogP contribution in [-0.2, 0) is 9.59 Å². The van der Waals surface area contributed by atoms with Crippen LogP contribution in [-0.4, -0.2) is 43.0 Å². The van der Waals surface area contributed by atoms with E-state index in [9.17, 15) is 9.59 Å². The van der Waals surface area contributed by atoms with Crippen molar-refractivity contribution in [3.05, 3.63) is 35.9 Å². The van der Waals surface area contributed by atoms with Gasteiger partial charge in [0.25, 0.3) is 0 Å². The van der Waals surface area contributed by atoms with Crippen molar-refractivity contribution in [3.63, 3.8) is 0 Å². The minimum absolute atomic E-state index is 0.0607. The molecular formula is C21H30N2O3. The van der Waals surface area contributed by atoms with Crippen LogP contribution in [0.5, 0.6) is 5.75 Å². The molecule has 5 heteroatoms. The number of likely N-dealkylation sites (tertiary alicyclic amines) is 1. The van der Waals surface area contributed by atoms with E-state index in [0.29, 0.717) is 13.1 Å². The maximum absolute atomic E-state index is 12.7. The summed E-state index contributed by atoms with van der Waals surface area (Å²) in [5.74, 6) is 0.620. The predicted molar refractivity (Wildman–Crippen MR) is 104 cm³/mol. The number of methoxy groups -OCH3 is 1. The average molecular weight is 358 g/mol. The summed E-state index contributed by atoms with van der Waals surface area (Å²) < 4.78 is 5.31.